The minimum Gasteiger partial charge on any atom is -0.497 e. The molecule has 1 N–H and O–H groups in total. The van der Waals surface area contributed by atoms with Gasteiger partial charge >= 0.3 is 0 Å². The lowest BCUT2D eigenvalue weighted by atomic mass is 10.1. The van der Waals surface area contributed by atoms with Gasteiger partial charge in [-0.2, -0.15) is 0 Å². The van der Waals surface area contributed by atoms with Crippen molar-refractivity contribution in [1.82, 2.24) is 14.9 Å². The van der Waals surface area contributed by atoms with Gasteiger partial charge in [0.15, 0.2) is 0 Å². The van der Waals surface area contributed by atoms with Crippen LogP contribution in [-0.4, -0.2) is 48.3 Å². The van der Waals surface area contributed by atoms with E-state index >= 15 is 0 Å². The molecule has 1 aromatic heterocycles. The van der Waals surface area contributed by atoms with Crippen molar-refractivity contribution in [1.29, 1.82) is 0 Å². The molecule has 0 spiro atoms. The number of rotatable bonds is 7. The second-order valence-corrected chi connectivity index (χ2v) is 7.03. The summed E-state index contributed by atoms with van der Waals surface area (Å²) >= 11 is 0. The van der Waals surface area contributed by atoms with Crippen LogP contribution in [0.1, 0.15) is 30.3 Å². The zero-order chi connectivity index (χ0) is 17.8. The minimum absolute atomic E-state index is 0.0773. The Kier molecular flexibility index (Phi) is 5.32. The number of anilines is 1. The zero-order valence-electron chi connectivity index (χ0n) is 15.2. The summed E-state index contributed by atoms with van der Waals surface area (Å²) < 4.78 is 11.0. The lowest BCUT2D eigenvalue weighted by molar-refractivity contribution is -0.0159. The Bertz CT molecular complexity index is 718. The van der Waals surface area contributed by atoms with Gasteiger partial charge in [-0.05, 0) is 42.5 Å². The second kappa shape index (κ2) is 8.01. The van der Waals surface area contributed by atoms with E-state index in [2.05, 4.69) is 27.3 Å². The Morgan fingerprint density at radius 3 is 2.85 bits per heavy atom. The Hall–Kier alpha value is -2.18. The molecule has 0 amide bonds. The summed E-state index contributed by atoms with van der Waals surface area (Å²) in [5, 5.41) is 3.44. The van der Waals surface area contributed by atoms with Crippen LogP contribution in [0.3, 0.4) is 0 Å². The van der Waals surface area contributed by atoms with Crippen molar-refractivity contribution in [3.8, 4) is 5.75 Å². The highest BCUT2D eigenvalue weighted by Crippen LogP contribution is 2.29. The number of hydrogen-bond acceptors (Lipinski definition) is 6. The first kappa shape index (κ1) is 17.2. The van der Waals surface area contributed by atoms with Gasteiger partial charge in [0.25, 0.3) is 0 Å². The predicted molar refractivity (Wildman–Crippen MR) is 100 cm³/mol. The molecule has 4 rings (SSSR count). The lowest BCUT2D eigenvalue weighted by Crippen LogP contribution is -2.39. The van der Waals surface area contributed by atoms with Crippen LogP contribution in [0.2, 0.25) is 0 Å². The molecule has 2 aliphatic rings. The molecule has 0 radical (unpaired) electrons. The maximum atomic E-state index is 5.73. The number of aromatic nitrogens is 2. The summed E-state index contributed by atoms with van der Waals surface area (Å²) in [5.74, 6) is 3.44. The van der Waals surface area contributed by atoms with E-state index in [-0.39, 0.29) is 6.04 Å². The standard InChI is InChI=1S/C20H26N4O2/c1-25-17-6-4-16(5-7-17)13-24-10-11-26-14-18(24)20-21-9-8-19(23-20)22-12-15-2-3-15/h4-9,15,18H,2-3,10-14H2,1H3,(H,21,22,23)/t18-/m0/s1. The van der Waals surface area contributed by atoms with Crippen LogP contribution < -0.4 is 10.1 Å². The van der Waals surface area contributed by atoms with Gasteiger partial charge in [0.05, 0.1) is 26.4 Å². The molecule has 0 unspecified atom stereocenters. The molecule has 2 heterocycles. The second-order valence-electron chi connectivity index (χ2n) is 7.03. The number of nitrogens with one attached hydrogen (secondary N) is 1. The Balaban J connectivity index is 1.46. The van der Waals surface area contributed by atoms with Crippen LogP contribution in [0.4, 0.5) is 5.82 Å². The van der Waals surface area contributed by atoms with Crippen molar-refractivity contribution in [2.45, 2.75) is 25.4 Å². The maximum absolute atomic E-state index is 5.73. The quantitative estimate of drug-likeness (QED) is 0.825. The van der Waals surface area contributed by atoms with E-state index in [0.717, 1.165) is 49.6 Å². The van der Waals surface area contributed by atoms with Gasteiger partial charge in [-0.1, -0.05) is 12.1 Å². The highest BCUT2D eigenvalue weighted by molar-refractivity contribution is 5.34. The van der Waals surface area contributed by atoms with E-state index in [1.165, 1.54) is 18.4 Å². The first-order chi connectivity index (χ1) is 12.8. The minimum atomic E-state index is 0.0773. The molecule has 1 aromatic carbocycles. The molecule has 1 saturated carbocycles. The third-order valence-electron chi connectivity index (χ3n) is 5.03. The van der Waals surface area contributed by atoms with Gasteiger partial charge in [0, 0.05) is 25.8 Å². The number of ether oxygens (including phenoxy) is 2. The van der Waals surface area contributed by atoms with Crippen molar-refractivity contribution in [3.05, 3.63) is 47.9 Å². The van der Waals surface area contributed by atoms with E-state index in [0.29, 0.717) is 6.61 Å². The molecule has 2 aromatic rings. The van der Waals surface area contributed by atoms with Gasteiger partial charge in [-0.15, -0.1) is 0 Å². The molecule has 1 atom stereocenters. The summed E-state index contributed by atoms with van der Waals surface area (Å²) in [6, 6.07) is 10.3. The average molecular weight is 354 g/mol. The van der Waals surface area contributed by atoms with Gasteiger partial charge in [-0.25, -0.2) is 9.97 Å². The van der Waals surface area contributed by atoms with Gasteiger partial charge in [-0.3, -0.25) is 4.90 Å². The summed E-state index contributed by atoms with van der Waals surface area (Å²) in [4.78, 5) is 11.7. The van der Waals surface area contributed by atoms with Gasteiger partial charge in [0.2, 0.25) is 0 Å². The normalized spacial score (nSPS) is 20.7. The lowest BCUT2D eigenvalue weighted by Gasteiger charge is -2.34. The molecular formula is C20H26N4O2. The fourth-order valence-electron chi connectivity index (χ4n) is 3.23. The van der Waals surface area contributed by atoms with Crippen LogP contribution in [-0.2, 0) is 11.3 Å². The molecule has 6 heteroatoms. The maximum Gasteiger partial charge on any atom is 0.150 e. The molecule has 26 heavy (non-hydrogen) atoms. The van der Waals surface area contributed by atoms with E-state index in [1.807, 2.05) is 24.4 Å². The average Bonchev–Trinajstić information content (AvgIpc) is 3.52. The highest BCUT2D eigenvalue weighted by Gasteiger charge is 2.27. The van der Waals surface area contributed by atoms with Crippen LogP contribution in [0.5, 0.6) is 5.75 Å². The highest BCUT2D eigenvalue weighted by atomic mass is 16.5. The van der Waals surface area contributed by atoms with Crippen LogP contribution in [0.15, 0.2) is 36.5 Å². The third kappa shape index (κ3) is 4.31. The smallest absolute Gasteiger partial charge is 0.150 e. The number of methoxy groups -OCH3 is 1. The van der Waals surface area contributed by atoms with Crippen LogP contribution in [0.25, 0.3) is 0 Å². The van der Waals surface area contributed by atoms with E-state index in [4.69, 9.17) is 14.5 Å². The number of morpholine rings is 1. The van der Waals surface area contributed by atoms with Crippen molar-refractivity contribution < 1.29 is 9.47 Å². The number of hydrogen-bond donors (Lipinski definition) is 1. The molecule has 138 valence electrons. The Labute approximate surface area is 154 Å². The summed E-state index contributed by atoms with van der Waals surface area (Å²) in [6.07, 6.45) is 4.51. The molecule has 1 aliphatic carbocycles. The molecule has 0 bridgehead atoms. The summed E-state index contributed by atoms with van der Waals surface area (Å²) in [5.41, 5.74) is 1.25. The van der Waals surface area contributed by atoms with E-state index < -0.39 is 0 Å². The van der Waals surface area contributed by atoms with Crippen molar-refractivity contribution in [3.63, 3.8) is 0 Å². The van der Waals surface area contributed by atoms with Crippen molar-refractivity contribution >= 4 is 5.82 Å². The zero-order valence-corrected chi connectivity index (χ0v) is 15.2. The monoisotopic (exact) mass is 354 g/mol. The van der Waals surface area contributed by atoms with E-state index in [1.54, 1.807) is 7.11 Å². The largest absolute Gasteiger partial charge is 0.497 e. The third-order valence-corrected chi connectivity index (χ3v) is 5.03. The number of nitrogens with zero attached hydrogens (tertiary/aromatic N) is 3. The van der Waals surface area contributed by atoms with Gasteiger partial charge < -0.3 is 14.8 Å². The van der Waals surface area contributed by atoms with Gasteiger partial charge in [0.1, 0.15) is 17.4 Å². The topological polar surface area (TPSA) is 59.5 Å². The van der Waals surface area contributed by atoms with Crippen molar-refractivity contribution in [2.75, 3.05) is 38.7 Å². The van der Waals surface area contributed by atoms with E-state index in [9.17, 15) is 0 Å². The summed E-state index contributed by atoms with van der Waals surface area (Å²) in [7, 11) is 1.69. The molecule has 1 aliphatic heterocycles. The molecular weight excluding hydrogens is 328 g/mol. The first-order valence-electron chi connectivity index (χ1n) is 9.33. The SMILES string of the molecule is COc1ccc(CN2CCOC[C@H]2c2nccc(NCC3CC3)n2)cc1. The van der Waals surface area contributed by atoms with Crippen LogP contribution >= 0.6 is 0 Å². The fraction of sp³-hybridized carbons (Fsp3) is 0.500. The number of benzene rings is 1. The fourth-order valence-corrected chi connectivity index (χ4v) is 3.23. The first-order valence-corrected chi connectivity index (χ1v) is 9.33. The molecule has 2 fully saturated rings. The molecule has 1 saturated heterocycles. The summed E-state index contributed by atoms with van der Waals surface area (Å²) in [6.45, 7) is 4.10. The Morgan fingerprint density at radius 1 is 1.23 bits per heavy atom. The van der Waals surface area contributed by atoms with Crippen LogP contribution in [0, 0.1) is 5.92 Å². The van der Waals surface area contributed by atoms with Crippen molar-refractivity contribution in [2.24, 2.45) is 5.92 Å². The molecule has 6 nitrogen and oxygen atoms in total. The predicted octanol–water partition coefficient (Wildman–Crippen LogP) is 2.88. The Morgan fingerprint density at radius 2 is 2.08 bits per heavy atom.